The molecule has 1 fully saturated rings. The molecule has 1 saturated heterocycles. The molecule has 0 radical (unpaired) electrons. The molecule has 0 aliphatic carbocycles. The molecule has 0 saturated carbocycles. The van der Waals surface area contributed by atoms with E-state index in [1.807, 2.05) is 6.92 Å². The average molecular weight is 418 g/mol. The molecule has 0 bridgehead atoms. The van der Waals surface area contributed by atoms with E-state index in [0.29, 0.717) is 12.1 Å². The summed E-state index contributed by atoms with van der Waals surface area (Å²) < 4.78 is 0. The van der Waals surface area contributed by atoms with Crippen molar-refractivity contribution >= 4 is 17.3 Å². The Hall–Kier alpha value is -2.88. The molecule has 2 aliphatic rings. The van der Waals surface area contributed by atoms with Crippen molar-refractivity contribution in [2.24, 2.45) is 9.98 Å². The minimum atomic E-state index is 0.303. The summed E-state index contributed by atoms with van der Waals surface area (Å²) in [7, 11) is 0. The predicted octanol–water partition coefficient (Wildman–Crippen LogP) is 4.74. The molecule has 1 aromatic rings. The SMILES string of the molecule is C=C=N/C(C)=C(/N=C(\CC)C(=C)NC1CCNCC1)C(=C)N1c2ccccc2C[C@@H]1C. The first-order chi connectivity index (χ1) is 15.0. The third kappa shape index (κ3) is 5.25. The van der Waals surface area contributed by atoms with E-state index in [-0.39, 0.29) is 0 Å². The van der Waals surface area contributed by atoms with Crippen LogP contribution in [0, 0.1) is 0 Å². The van der Waals surface area contributed by atoms with Crippen LogP contribution in [0.25, 0.3) is 0 Å². The van der Waals surface area contributed by atoms with Gasteiger partial charge in [-0.1, -0.05) is 38.3 Å². The second-order valence-corrected chi connectivity index (χ2v) is 8.26. The highest BCUT2D eigenvalue weighted by Gasteiger charge is 2.29. The quantitative estimate of drug-likeness (QED) is 0.474. The van der Waals surface area contributed by atoms with Crippen LogP contribution >= 0.6 is 0 Å². The maximum atomic E-state index is 5.05. The van der Waals surface area contributed by atoms with E-state index in [1.54, 1.807) is 0 Å². The van der Waals surface area contributed by atoms with Gasteiger partial charge in [-0.05, 0) is 76.7 Å². The van der Waals surface area contributed by atoms with Crippen LogP contribution in [0.4, 0.5) is 5.69 Å². The second-order valence-electron chi connectivity index (χ2n) is 8.26. The maximum Gasteiger partial charge on any atom is 0.108 e. The summed E-state index contributed by atoms with van der Waals surface area (Å²) in [4.78, 5) is 11.6. The number of nitrogens with zero attached hydrogens (tertiary/aromatic N) is 3. The standard InChI is InChI=1S/C26H35N5/c1-7-24(19(4)29-23-13-15-27-16-14-23)30-26(20(5)28-8-2)21(6)31-18(3)17-22-11-9-10-12-25(22)31/h9-12,18,23,27,29H,2,4,6-7,13-17H2,1,3,5H3/b26-20+,30-24+/t18-/m0/s1. The number of nitrogens with one attached hydrogen (secondary N) is 2. The topological polar surface area (TPSA) is 52.0 Å². The minimum absolute atomic E-state index is 0.303. The van der Waals surface area contributed by atoms with E-state index in [1.165, 1.54) is 11.3 Å². The fraction of sp³-hybridized carbons (Fsp3) is 0.423. The van der Waals surface area contributed by atoms with Gasteiger partial charge in [-0.2, -0.15) is 0 Å². The second kappa shape index (κ2) is 10.4. The zero-order valence-corrected chi connectivity index (χ0v) is 19.2. The van der Waals surface area contributed by atoms with Gasteiger partial charge in [-0.25, -0.2) is 9.98 Å². The Bertz CT molecular complexity index is 942. The van der Waals surface area contributed by atoms with Crippen LogP contribution < -0.4 is 15.5 Å². The molecule has 0 amide bonds. The van der Waals surface area contributed by atoms with Gasteiger partial charge in [0.15, 0.2) is 0 Å². The highest BCUT2D eigenvalue weighted by atomic mass is 15.2. The Balaban J connectivity index is 1.93. The van der Waals surface area contributed by atoms with Gasteiger partial charge in [0, 0.05) is 23.5 Å². The number of allylic oxidation sites excluding steroid dienone is 2. The third-order valence-corrected chi connectivity index (χ3v) is 6.01. The first-order valence-electron chi connectivity index (χ1n) is 11.2. The van der Waals surface area contributed by atoms with E-state index < -0.39 is 0 Å². The largest absolute Gasteiger partial charge is 0.381 e. The molecule has 0 unspecified atom stereocenters. The van der Waals surface area contributed by atoms with Crippen molar-refractivity contribution in [2.75, 3.05) is 18.0 Å². The fourth-order valence-electron chi connectivity index (χ4n) is 4.41. The molecule has 164 valence electrons. The first kappa shape index (κ1) is 22.8. The predicted molar refractivity (Wildman–Crippen MR) is 133 cm³/mol. The van der Waals surface area contributed by atoms with Crippen molar-refractivity contribution in [3.05, 3.63) is 72.4 Å². The van der Waals surface area contributed by atoms with Gasteiger partial charge in [0.25, 0.3) is 0 Å². The maximum absolute atomic E-state index is 5.05. The number of hydrogen-bond donors (Lipinski definition) is 2. The van der Waals surface area contributed by atoms with Crippen LogP contribution in [-0.4, -0.2) is 36.8 Å². The van der Waals surface area contributed by atoms with E-state index in [2.05, 4.69) is 84.2 Å². The molecular formula is C26H35N5. The molecule has 0 aromatic heterocycles. The summed E-state index contributed by atoms with van der Waals surface area (Å²) >= 11 is 0. The summed E-state index contributed by atoms with van der Waals surface area (Å²) in [5, 5.41) is 6.99. The van der Waals surface area contributed by atoms with E-state index in [0.717, 1.165) is 67.3 Å². The monoisotopic (exact) mass is 417 g/mol. The molecule has 1 atom stereocenters. The van der Waals surface area contributed by atoms with E-state index >= 15 is 0 Å². The van der Waals surface area contributed by atoms with E-state index in [9.17, 15) is 0 Å². The van der Waals surface area contributed by atoms with Crippen LogP contribution in [0.3, 0.4) is 0 Å². The summed E-state index contributed by atoms with van der Waals surface area (Å²) in [5.74, 6) is 2.65. The lowest BCUT2D eigenvalue weighted by Gasteiger charge is -2.29. The van der Waals surface area contributed by atoms with Crippen molar-refractivity contribution in [1.29, 1.82) is 0 Å². The molecule has 5 heteroatoms. The van der Waals surface area contributed by atoms with Crippen LogP contribution in [-0.2, 0) is 6.42 Å². The van der Waals surface area contributed by atoms with Crippen LogP contribution in [0.2, 0.25) is 0 Å². The van der Waals surface area contributed by atoms with Crippen molar-refractivity contribution in [1.82, 2.24) is 10.6 Å². The number of aliphatic imine (C=N–C) groups is 2. The molecular weight excluding hydrogens is 382 g/mol. The van der Waals surface area contributed by atoms with Crippen molar-refractivity contribution in [3.8, 4) is 0 Å². The van der Waals surface area contributed by atoms with E-state index in [4.69, 9.17) is 4.99 Å². The Labute approximate surface area is 187 Å². The molecule has 5 nitrogen and oxygen atoms in total. The molecule has 2 heterocycles. The minimum Gasteiger partial charge on any atom is -0.381 e. The van der Waals surface area contributed by atoms with Gasteiger partial charge in [0.2, 0.25) is 0 Å². The molecule has 3 rings (SSSR count). The zero-order valence-electron chi connectivity index (χ0n) is 19.2. The van der Waals surface area contributed by atoms with Crippen molar-refractivity contribution in [2.45, 2.75) is 58.5 Å². The molecule has 2 aliphatic heterocycles. The van der Waals surface area contributed by atoms with Crippen molar-refractivity contribution < 1.29 is 0 Å². The number of fused-ring (bicyclic) bond motifs is 1. The molecule has 31 heavy (non-hydrogen) atoms. The Morgan fingerprint density at radius 3 is 2.65 bits per heavy atom. The summed E-state index contributed by atoms with van der Waals surface area (Å²) in [5.41, 5.74) is 6.67. The lowest BCUT2D eigenvalue weighted by molar-refractivity contribution is 0.416. The highest BCUT2D eigenvalue weighted by molar-refractivity contribution is 6.00. The van der Waals surface area contributed by atoms with Gasteiger partial charge < -0.3 is 15.5 Å². The Morgan fingerprint density at radius 2 is 1.97 bits per heavy atom. The van der Waals surface area contributed by atoms with Gasteiger partial charge in [-0.3, -0.25) is 0 Å². The molecule has 2 N–H and O–H groups in total. The lowest BCUT2D eigenvalue weighted by Crippen LogP contribution is -2.40. The van der Waals surface area contributed by atoms with Crippen molar-refractivity contribution in [3.63, 3.8) is 0 Å². The van der Waals surface area contributed by atoms with Crippen LogP contribution in [0.15, 0.2) is 76.8 Å². The first-order valence-corrected chi connectivity index (χ1v) is 11.2. The normalized spacial score (nSPS) is 19.9. The van der Waals surface area contributed by atoms with Crippen LogP contribution in [0.5, 0.6) is 0 Å². The summed E-state index contributed by atoms with van der Waals surface area (Å²) in [6.45, 7) is 20.7. The number of piperidine rings is 1. The summed E-state index contributed by atoms with van der Waals surface area (Å²) in [6.07, 6.45) is 3.94. The van der Waals surface area contributed by atoms with Crippen LogP contribution in [0.1, 0.15) is 45.6 Å². The van der Waals surface area contributed by atoms with Gasteiger partial charge >= 0.3 is 0 Å². The average Bonchev–Trinajstić information content (AvgIpc) is 3.10. The third-order valence-electron chi connectivity index (χ3n) is 6.01. The lowest BCUT2D eigenvalue weighted by atomic mass is 10.1. The fourth-order valence-corrected chi connectivity index (χ4v) is 4.41. The smallest absolute Gasteiger partial charge is 0.108 e. The number of anilines is 1. The van der Waals surface area contributed by atoms with Gasteiger partial charge in [-0.15, -0.1) is 0 Å². The Kier molecular flexibility index (Phi) is 7.67. The molecule has 0 spiro atoms. The zero-order chi connectivity index (χ0) is 22.4. The van der Waals surface area contributed by atoms with Gasteiger partial charge in [0.05, 0.1) is 17.1 Å². The van der Waals surface area contributed by atoms with Gasteiger partial charge in [0.1, 0.15) is 5.70 Å². The number of hydrogen-bond acceptors (Lipinski definition) is 5. The number of benzene rings is 1. The Morgan fingerprint density at radius 1 is 1.26 bits per heavy atom. The highest BCUT2D eigenvalue weighted by Crippen LogP contribution is 2.37. The number of para-hydroxylation sites is 1. The number of rotatable bonds is 8. The molecule has 1 aromatic carbocycles. The summed E-state index contributed by atoms with van der Waals surface area (Å²) in [6, 6.07) is 9.22.